The number of aryl methyl sites for hydroxylation is 1. The zero-order chi connectivity index (χ0) is 11.7. The predicted octanol–water partition coefficient (Wildman–Crippen LogP) is 2.44. The summed E-state index contributed by atoms with van der Waals surface area (Å²) in [4.78, 5) is 7.64. The van der Waals surface area contributed by atoms with E-state index in [1.807, 2.05) is 30.5 Å². The number of hydrogen-bond donors (Lipinski definition) is 1. The highest BCUT2D eigenvalue weighted by molar-refractivity contribution is 7.71. The van der Waals surface area contributed by atoms with Crippen LogP contribution in [0.5, 0.6) is 0 Å². The van der Waals surface area contributed by atoms with Gasteiger partial charge in [0.1, 0.15) is 0 Å². The topological polar surface area (TPSA) is 42.8 Å². The number of hydrogen-bond acceptors (Lipinski definition) is 3. The summed E-state index contributed by atoms with van der Waals surface area (Å²) >= 11 is 5.27. The Kier molecular flexibility index (Phi) is 3.07. The van der Waals surface area contributed by atoms with Crippen molar-refractivity contribution in [2.75, 3.05) is 7.11 Å². The minimum atomic E-state index is 0.119. The molecule has 0 aromatic carbocycles. The molecular weight excluding hydrogens is 222 g/mol. The Balaban J connectivity index is 2.54. The van der Waals surface area contributed by atoms with Crippen LogP contribution in [0.3, 0.4) is 0 Å². The number of rotatable bonds is 3. The molecule has 0 aliphatic rings. The number of nitrogens with zero attached hydrogens (tertiary/aromatic N) is 2. The summed E-state index contributed by atoms with van der Waals surface area (Å²) < 4.78 is 7.92. The van der Waals surface area contributed by atoms with Gasteiger partial charge in [0.2, 0.25) is 0 Å². The van der Waals surface area contributed by atoms with Gasteiger partial charge in [0, 0.05) is 12.8 Å². The van der Waals surface area contributed by atoms with Crippen molar-refractivity contribution in [1.29, 1.82) is 0 Å². The van der Waals surface area contributed by atoms with E-state index in [9.17, 15) is 0 Å². The molecule has 0 bridgehead atoms. The maximum atomic E-state index is 5.27. The van der Waals surface area contributed by atoms with E-state index >= 15 is 0 Å². The molecule has 0 fully saturated rings. The van der Waals surface area contributed by atoms with E-state index in [1.54, 1.807) is 7.11 Å². The smallest absolute Gasteiger partial charge is 0.179 e. The van der Waals surface area contributed by atoms with Gasteiger partial charge in [-0.1, -0.05) is 0 Å². The molecule has 1 N–H and O–H groups in total. The Morgan fingerprint density at radius 3 is 3.00 bits per heavy atom. The van der Waals surface area contributed by atoms with Crippen LogP contribution in [-0.2, 0) is 11.3 Å². The SMILES string of the molecule is COC(C)Cn1c(=S)[nH]c2ccc(C)nc21. The molecular formula is C11H15N3OS. The van der Waals surface area contributed by atoms with Crippen LogP contribution in [0.4, 0.5) is 0 Å². The van der Waals surface area contributed by atoms with Crippen LogP contribution in [0.15, 0.2) is 12.1 Å². The van der Waals surface area contributed by atoms with E-state index in [1.165, 1.54) is 0 Å². The van der Waals surface area contributed by atoms with Crippen LogP contribution in [0.25, 0.3) is 11.2 Å². The monoisotopic (exact) mass is 237 g/mol. The summed E-state index contributed by atoms with van der Waals surface area (Å²) in [6, 6.07) is 3.97. The standard InChI is InChI=1S/C11H15N3OS/c1-7-4-5-9-10(12-7)14(11(16)13-9)6-8(2)15-3/h4-5,8H,6H2,1-3H3,(H,13,16). The first-order valence-electron chi connectivity index (χ1n) is 5.21. The number of H-pyrrole nitrogens is 1. The third-order valence-electron chi connectivity index (χ3n) is 2.60. The Labute approximate surface area is 99.3 Å². The van der Waals surface area contributed by atoms with Gasteiger partial charge in [-0.05, 0) is 38.2 Å². The lowest BCUT2D eigenvalue weighted by atomic mass is 10.3. The molecule has 16 heavy (non-hydrogen) atoms. The second-order valence-electron chi connectivity index (χ2n) is 3.91. The summed E-state index contributed by atoms with van der Waals surface area (Å²) in [5.74, 6) is 0. The molecule has 86 valence electrons. The minimum absolute atomic E-state index is 0.119. The summed E-state index contributed by atoms with van der Waals surface area (Å²) in [6.45, 7) is 4.70. The highest BCUT2D eigenvalue weighted by atomic mass is 32.1. The molecule has 5 heteroatoms. The van der Waals surface area contributed by atoms with Crippen molar-refractivity contribution in [2.24, 2.45) is 0 Å². The largest absolute Gasteiger partial charge is 0.380 e. The molecule has 0 saturated heterocycles. The summed E-state index contributed by atoms with van der Waals surface area (Å²) in [5, 5.41) is 0. The fourth-order valence-electron chi connectivity index (χ4n) is 1.63. The van der Waals surface area contributed by atoms with E-state index < -0.39 is 0 Å². The second-order valence-corrected chi connectivity index (χ2v) is 4.30. The third-order valence-corrected chi connectivity index (χ3v) is 2.92. The van der Waals surface area contributed by atoms with Gasteiger partial charge >= 0.3 is 0 Å². The highest BCUT2D eigenvalue weighted by Crippen LogP contribution is 2.13. The molecule has 0 aliphatic heterocycles. The first kappa shape index (κ1) is 11.3. The van der Waals surface area contributed by atoms with Gasteiger partial charge in [-0.3, -0.25) is 4.57 Å². The minimum Gasteiger partial charge on any atom is -0.380 e. The van der Waals surface area contributed by atoms with Crippen LogP contribution in [0, 0.1) is 11.7 Å². The van der Waals surface area contributed by atoms with E-state index in [2.05, 4.69) is 9.97 Å². The number of nitrogens with one attached hydrogen (secondary N) is 1. The quantitative estimate of drug-likeness (QED) is 0.834. The molecule has 0 saturated carbocycles. The summed E-state index contributed by atoms with van der Waals surface area (Å²) in [5.41, 5.74) is 2.85. The lowest BCUT2D eigenvalue weighted by molar-refractivity contribution is 0.104. The van der Waals surface area contributed by atoms with E-state index in [-0.39, 0.29) is 6.10 Å². The van der Waals surface area contributed by atoms with Crippen LogP contribution < -0.4 is 0 Å². The Hall–Kier alpha value is -1.20. The molecule has 1 atom stereocenters. The molecule has 0 aliphatic carbocycles. The lowest BCUT2D eigenvalue weighted by Gasteiger charge is -2.10. The third kappa shape index (κ3) is 2.01. The van der Waals surface area contributed by atoms with Crippen molar-refractivity contribution in [2.45, 2.75) is 26.5 Å². The Morgan fingerprint density at radius 2 is 2.31 bits per heavy atom. The molecule has 4 nitrogen and oxygen atoms in total. The number of aromatic amines is 1. The molecule has 0 spiro atoms. The number of ether oxygens (including phenoxy) is 1. The van der Waals surface area contributed by atoms with Crippen LogP contribution in [0.1, 0.15) is 12.6 Å². The average molecular weight is 237 g/mol. The Morgan fingerprint density at radius 1 is 1.56 bits per heavy atom. The molecule has 2 heterocycles. The normalized spacial score (nSPS) is 13.2. The first-order valence-corrected chi connectivity index (χ1v) is 5.61. The van der Waals surface area contributed by atoms with E-state index in [0.29, 0.717) is 11.3 Å². The second kappa shape index (κ2) is 4.35. The fraction of sp³-hybridized carbons (Fsp3) is 0.455. The number of aromatic nitrogens is 3. The fourth-order valence-corrected chi connectivity index (χ4v) is 1.90. The maximum absolute atomic E-state index is 5.27. The highest BCUT2D eigenvalue weighted by Gasteiger charge is 2.08. The lowest BCUT2D eigenvalue weighted by Crippen LogP contribution is -2.15. The molecule has 1 unspecified atom stereocenters. The van der Waals surface area contributed by atoms with Crippen LogP contribution in [-0.4, -0.2) is 27.7 Å². The van der Waals surface area contributed by atoms with Crippen molar-refractivity contribution in [3.63, 3.8) is 0 Å². The Bertz CT molecular complexity index is 558. The predicted molar refractivity (Wildman–Crippen MR) is 66.1 cm³/mol. The molecule has 2 rings (SSSR count). The van der Waals surface area contributed by atoms with Gasteiger partial charge in [-0.25, -0.2) is 4.98 Å². The number of methoxy groups -OCH3 is 1. The van der Waals surface area contributed by atoms with Crippen molar-refractivity contribution in [3.05, 3.63) is 22.6 Å². The molecule has 2 aromatic rings. The van der Waals surface area contributed by atoms with Crippen molar-refractivity contribution in [1.82, 2.24) is 14.5 Å². The number of pyridine rings is 1. The van der Waals surface area contributed by atoms with Gasteiger partial charge in [-0.15, -0.1) is 0 Å². The van der Waals surface area contributed by atoms with Gasteiger partial charge in [0.15, 0.2) is 10.4 Å². The van der Waals surface area contributed by atoms with Crippen molar-refractivity contribution in [3.8, 4) is 0 Å². The zero-order valence-electron chi connectivity index (χ0n) is 9.65. The summed E-state index contributed by atoms with van der Waals surface area (Å²) in [7, 11) is 1.70. The van der Waals surface area contributed by atoms with Gasteiger partial charge in [-0.2, -0.15) is 0 Å². The van der Waals surface area contributed by atoms with E-state index in [4.69, 9.17) is 17.0 Å². The average Bonchev–Trinajstić information content (AvgIpc) is 2.55. The van der Waals surface area contributed by atoms with Gasteiger partial charge in [0.25, 0.3) is 0 Å². The zero-order valence-corrected chi connectivity index (χ0v) is 10.5. The molecule has 0 radical (unpaired) electrons. The number of fused-ring (bicyclic) bond motifs is 1. The van der Waals surface area contributed by atoms with Gasteiger partial charge < -0.3 is 9.72 Å². The van der Waals surface area contributed by atoms with Gasteiger partial charge in [0.05, 0.1) is 18.2 Å². The molecule has 2 aromatic heterocycles. The van der Waals surface area contributed by atoms with Crippen molar-refractivity contribution < 1.29 is 4.74 Å². The van der Waals surface area contributed by atoms with Crippen LogP contribution >= 0.6 is 12.2 Å². The maximum Gasteiger partial charge on any atom is 0.179 e. The van der Waals surface area contributed by atoms with Crippen LogP contribution in [0.2, 0.25) is 0 Å². The van der Waals surface area contributed by atoms with E-state index in [0.717, 1.165) is 16.9 Å². The molecule has 0 amide bonds. The number of imidazole rings is 1. The summed E-state index contributed by atoms with van der Waals surface area (Å²) in [6.07, 6.45) is 0.119. The first-order chi connectivity index (χ1) is 7.61. The van der Waals surface area contributed by atoms with Crippen molar-refractivity contribution >= 4 is 23.4 Å².